The third-order valence-corrected chi connectivity index (χ3v) is 4.01. The highest BCUT2D eigenvalue weighted by Gasteiger charge is 2.51. The summed E-state index contributed by atoms with van der Waals surface area (Å²) in [7, 11) is 1.36. The van der Waals surface area contributed by atoms with Crippen molar-refractivity contribution in [3.8, 4) is 0 Å². The fraction of sp³-hybridized carbons (Fsp3) is 0.556. The number of nitrogens with zero attached hydrogens (tertiary/aromatic N) is 1. The molecule has 1 aliphatic rings. The van der Waals surface area contributed by atoms with E-state index in [1.54, 1.807) is 0 Å². The molecule has 5 heteroatoms. The zero-order valence-corrected chi connectivity index (χ0v) is 14.3. The molecule has 1 heterocycles. The number of carbonyl (C=O) groups excluding carboxylic acids is 2. The molecule has 126 valence electrons. The van der Waals surface area contributed by atoms with Crippen LogP contribution in [0.1, 0.15) is 39.2 Å². The zero-order valence-electron chi connectivity index (χ0n) is 14.3. The number of ether oxygens (including phenoxy) is 2. The highest BCUT2D eigenvalue weighted by molar-refractivity contribution is 5.87. The Kier molecular flexibility index (Phi) is 4.97. The average Bonchev–Trinajstić information content (AvgIpc) is 2.90. The van der Waals surface area contributed by atoms with Crippen molar-refractivity contribution in [2.75, 3.05) is 13.7 Å². The van der Waals surface area contributed by atoms with Crippen LogP contribution in [-0.4, -0.2) is 41.8 Å². The Morgan fingerprint density at radius 3 is 2.43 bits per heavy atom. The quantitative estimate of drug-likeness (QED) is 0.803. The van der Waals surface area contributed by atoms with E-state index < -0.39 is 17.2 Å². The van der Waals surface area contributed by atoms with E-state index in [1.165, 1.54) is 12.0 Å². The van der Waals surface area contributed by atoms with Crippen molar-refractivity contribution in [2.45, 2.75) is 51.2 Å². The summed E-state index contributed by atoms with van der Waals surface area (Å²) in [5.74, 6) is -0.385. The van der Waals surface area contributed by atoms with E-state index in [4.69, 9.17) is 9.47 Å². The molecule has 1 aromatic carbocycles. The summed E-state index contributed by atoms with van der Waals surface area (Å²) in [6.45, 7) is 5.95. The first-order chi connectivity index (χ1) is 10.8. The number of likely N-dealkylation sites (tertiary alicyclic amines) is 1. The number of hydrogen-bond donors (Lipinski definition) is 0. The smallest absolute Gasteiger partial charge is 0.411 e. The lowest BCUT2D eigenvalue weighted by molar-refractivity contribution is -0.153. The van der Waals surface area contributed by atoms with Gasteiger partial charge in [0.2, 0.25) is 0 Å². The van der Waals surface area contributed by atoms with Crippen molar-refractivity contribution in [3.05, 3.63) is 35.9 Å². The van der Waals surface area contributed by atoms with Gasteiger partial charge in [0.05, 0.1) is 7.11 Å². The normalized spacial score (nSPS) is 21.1. The third kappa shape index (κ3) is 3.84. The van der Waals surface area contributed by atoms with Crippen LogP contribution < -0.4 is 0 Å². The molecule has 1 amide bonds. The van der Waals surface area contributed by atoms with Crippen molar-refractivity contribution in [1.82, 2.24) is 4.90 Å². The molecule has 0 aromatic heterocycles. The zero-order chi connectivity index (χ0) is 17.1. The van der Waals surface area contributed by atoms with Crippen molar-refractivity contribution in [1.29, 1.82) is 0 Å². The van der Waals surface area contributed by atoms with Gasteiger partial charge >= 0.3 is 12.1 Å². The maximum absolute atomic E-state index is 12.6. The van der Waals surface area contributed by atoms with E-state index >= 15 is 0 Å². The molecule has 0 N–H and O–H groups in total. The summed E-state index contributed by atoms with van der Waals surface area (Å²) in [5.41, 5.74) is -0.597. The molecule has 5 nitrogen and oxygen atoms in total. The second-order valence-electron chi connectivity index (χ2n) is 6.92. The fourth-order valence-corrected chi connectivity index (χ4v) is 3.05. The third-order valence-electron chi connectivity index (χ3n) is 4.01. The van der Waals surface area contributed by atoms with Crippen LogP contribution in [0.2, 0.25) is 0 Å². The molecule has 1 atom stereocenters. The molecule has 1 aliphatic heterocycles. The van der Waals surface area contributed by atoms with Crippen LogP contribution in [0.3, 0.4) is 0 Å². The number of amides is 1. The summed E-state index contributed by atoms with van der Waals surface area (Å²) < 4.78 is 10.5. The second kappa shape index (κ2) is 6.60. The first-order valence-electron chi connectivity index (χ1n) is 7.91. The highest BCUT2D eigenvalue weighted by Crippen LogP contribution is 2.35. The van der Waals surface area contributed by atoms with Gasteiger partial charge in [-0.15, -0.1) is 0 Å². The molecule has 23 heavy (non-hydrogen) atoms. The number of benzene rings is 1. The number of carbonyl (C=O) groups is 2. The average molecular weight is 319 g/mol. The topological polar surface area (TPSA) is 55.8 Å². The Bertz CT molecular complexity index is 564. The lowest BCUT2D eigenvalue weighted by Gasteiger charge is -2.37. The molecular weight excluding hydrogens is 294 g/mol. The standard InChI is InChI=1S/C18H25NO4/c1-17(2,3)23-16(21)19-12-8-11-18(19,15(20)22-4)13-14-9-6-5-7-10-14/h5-7,9-10H,8,11-13H2,1-4H3. The van der Waals surface area contributed by atoms with E-state index in [2.05, 4.69) is 0 Å². The Hall–Kier alpha value is -2.04. The van der Waals surface area contributed by atoms with Gasteiger partial charge < -0.3 is 9.47 Å². The molecule has 0 spiro atoms. The van der Waals surface area contributed by atoms with Crippen molar-refractivity contribution in [2.24, 2.45) is 0 Å². The van der Waals surface area contributed by atoms with Crippen molar-refractivity contribution >= 4 is 12.1 Å². The maximum Gasteiger partial charge on any atom is 0.411 e. The Morgan fingerprint density at radius 2 is 1.87 bits per heavy atom. The Morgan fingerprint density at radius 1 is 1.22 bits per heavy atom. The van der Waals surface area contributed by atoms with Crippen LogP contribution in [-0.2, 0) is 20.7 Å². The molecule has 0 radical (unpaired) electrons. The summed E-state index contributed by atoms with van der Waals surface area (Å²) >= 11 is 0. The molecule has 0 saturated carbocycles. The SMILES string of the molecule is COC(=O)C1(Cc2ccccc2)CCCN1C(=O)OC(C)(C)C. The molecule has 2 rings (SSSR count). The lowest BCUT2D eigenvalue weighted by Crippen LogP contribution is -2.56. The van der Waals surface area contributed by atoms with E-state index in [-0.39, 0.29) is 5.97 Å². The van der Waals surface area contributed by atoms with Gasteiger partial charge in [0, 0.05) is 13.0 Å². The minimum Gasteiger partial charge on any atom is -0.467 e. The first kappa shape index (κ1) is 17.3. The summed E-state index contributed by atoms with van der Waals surface area (Å²) in [4.78, 5) is 26.7. The number of methoxy groups -OCH3 is 1. The number of hydrogen-bond acceptors (Lipinski definition) is 4. The van der Waals surface area contributed by atoms with Gasteiger partial charge in [0.1, 0.15) is 11.1 Å². The second-order valence-corrected chi connectivity index (χ2v) is 6.92. The van der Waals surface area contributed by atoms with Gasteiger partial charge in [-0.3, -0.25) is 4.90 Å². The number of esters is 1. The molecule has 1 saturated heterocycles. The molecule has 1 aromatic rings. The lowest BCUT2D eigenvalue weighted by atomic mass is 9.88. The Balaban J connectivity index is 2.32. The van der Waals surface area contributed by atoms with Crippen LogP contribution in [0, 0.1) is 0 Å². The minimum atomic E-state index is -0.988. The van der Waals surface area contributed by atoms with Gasteiger partial charge in [-0.25, -0.2) is 9.59 Å². The van der Waals surface area contributed by atoms with Crippen LogP contribution in [0.4, 0.5) is 4.79 Å². The van der Waals surface area contributed by atoms with Gasteiger partial charge in [0.15, 0.2) is 0 Å². The summed E-state index contributed by atoms with van der Waals surface area (Å²) in [6.07, 6.45) is 1.30. The number of rotatable bonds is 3. The molecule has 0 aliphatic carbocycles. The highest BCUT2D eigenvalue weighted by atomic mass is 16.6. The van der Waals surface area contributed by atoms with Crippen LogP contribution in [0.25, 0.3) is 0 Å². The van der Waals surface area contributed by atoms with E-state index in [0.29, 0.717) is 19.4 Å². The van der Waals surface area contributed by atoms with E-state index in [1.807, 2.05) is 51.1 Å². The van der Waals surface area contributed by atoms with Crippen LogP contribution in [0.15, 0.2) is 30.3 Å². The predicted octanol–water partition coefficient (Wildman–Crippen LogP) is 3.17. The molecule has 1 unspecified atom stereocenters. The molecule has 0 bridgehead atoms. The van der Waals surface area contributed by atoms with Gasteiger partial charge in [-0.2, -0.15) is 0 Å². The first-order valence-corrected chi connectivity index (χ1v) is 7.91. The maximum atomic E-state index is 12.6. The van der Waals surface area contributed by atoms with Gasteiger partial charge in [0.25, 0.3) is 0 Å². The van der Waals surface area contributed by atoms with Crippen molar-refractivity contribution in [3.63, 3.8) is 0 Å². The van der Waals surface area contributed by atoms with Crippen LogP contribution in [0.5, 0.6) is 0 Å². The minimum absolute atomic E-state index is 0.385. The molecular formula is C18H25NO4. The Labute approximate surface area is 137 Å². The summed E-state index contributed by atoms with van der Waals surface area (Å²) in [5, 5.41) is 0. The van der Waals surface area contributed by atoms with Crippen molar-refractivity contribution < 1.29 is 19.1 Å². The largest absolute Gasteiger partial charge is 0.467 e. The van der Waals surface area contributed by atoms with E-state index in [0.717, 1.165) is 12.0 Å². The molecule has 1 fully saturated rings. The summed E-state index contributed by atoms with van der Waals surface area (Å²) in [6, 6.07) is 9.68. The van der Waals surface area contributed by atoms with Gasteiger partial charge in [-0.05, 0) is 39.2 Å². The fourth-order valence-electron chi connectivity index (χ4n) is 3.05. The van der Waals surface area contributed by atoms with Gasteiger partial charge in [-0.1, -0.05) is 30.3 Å². The van der Waals surface area contributed by atoms with E-state index in [9.17, 15) is 9.59 Å². The predicted molar refractivity (Wildman–Crippen MR) is 87.1 cm³/mol. The van der Waals surface area contributed by atoms with Crippen LogP contribution >= 0.6 is 0 Å². The monoisotopic (exact) mass is 319 g/mol.